The van der Waals surface area contributed by atoms with Crippen molar-refractivity contribution in [3.63, 3.8) is 0 Å². The maximum Gasteiger partial charge on any atom is 0.201 e. The van der Waals surface area contributed by atoms with Crippen LogP contribution >= 0.6 is 11.6 Å². The summed E-state index contributed by atoms with van der Waals surface area (Å²) in [5, 5.41) is 1.41. The molecule has 0 atom stereocenters. The van der Waals surface area contributed by atoms with Crippen molar-refractivity contribution >= 4 is 32.8 Å². The van der Waals surface area contributed by atoms with Crippen molar-refractivity contribution in [2.45, 2.75) is 11.8 Å². The van der Waals surface area contributed by atoms with Gasteiger partial charge in [-0.2, -0.15) is 0 Å². The van der Waals surface area contributed by atoms with Gasteiger partial charge in [0.15, 0.2) is 5.78 Å². The Labute approximate surface area is 92.3 Å². The molecule has 1 aromatic carbocycles. The Bertz CT molecular complexity index is 585. The molecule has 78 valence electrons. The van der Waals surface area contributed by atoms with Gasteiger partial charge in [0, 0.05) is 21.6 Å². The second-order valence-corrected chi connectivity index (χ2v) is 5.48. The van der Waals surface area contributed by atoms with E-state index in [1.807, 2.05) is 0 Å². The summed E-state index contributed by atoms with van der Waals surface area (Å²) in [4.78, 5) is 11.4. The summed E-state index contributed by atoms with van der Waals surface area (Å²) in [5.74, 6) is -0.278. The lowest BCUT2D eigenvalue weighted by molar-refractivity contribution is -0.111. The maximum atomic E-state index is 11.6. The molecule has 0 saturated heterocycles. The van der Waals surface area contributed by atoms with Crippen LogP contribution in [0, 0.1) is 0 Å². The number of rotatable bonds is 1. The van der Waals surface area contributed by atoms with E-state index < -0.39 is 9.84 Å². The molecule has 0 aliphatic carbocycles. The molecule has 5 heteroatoms. The van der Waals surface area contributed by atoms with Crippen LogP contribution < -0.4 is 0 Å². The van der Waals surface area contributed by atoms with E-state index in [4.69, 9.17) is 11.6 Å². The third-order valence-corrected chi connectivity index (χ3v) is 3.94. The third-order valence-electron chi connectivity index (χ3n) is 2.19. The lowest BCUT2D eigenvalue weighted by atomic mass is 10.1. The van der Waals surface area contributed by atoms with Crippen LogP contribution in [0.25, 0.3) is 5.57 Å². The Balaban J connectivity index is 2.80. The minimum absolute atomic E-state index is 0.150. The van der Waals surface area contributed by atoms with Crippen LogP contribution in [0.2, 0.25) is 5.02 Å². The Kier molecular flexibility index (Phi) is 2.20. The molecule has 1 aromatic rings. The van der Waals surface area contributed by atoms with Gasteiger partial charge in [0.2, 0.25) is 9.84 Å². The summed E-state index contributed by atoms with van der Waals surface area (Å²) < 4.78 is 23.2. The summed E-state index contributed by atoms with van der Waals surface area (Å²) in [6, 6.07) is 4.41. The van der Waals surface area contributed by atoms with Crippen LogP contribution in [-0.2, 0) is 14.6 Å². The van der Waals surface area contributed by atoms with E-state index in [2.05, 4.69) is 0 Å². The first-order chi connectivity index (χ1) is 6.92. The monoisotopic (exact) mass is 242 g/mol. The molecule has 0 bridgehead atoms. The number of allylic oxidation sites excluding steroid dienone is 1. The maximum absolute atomic E-state index is 11.6. The van der Waals surface area contributed by atoms with Crippen molar-refractivity contribution in [2.75, 3.05) is 0 Å². The summed E-state index contributed by atoms with van der Waals surface area (Å²) in [6.07, 6.45) is 0. The predicted molar refractivity (Wildman–Crippen MR) is 57.3 cm³/mol. The highest BCUT2D eigenvalue weighted by Crippen LogP contribution is 2.35. The van der Waals surface area contributed by atoms with Gasteiger partial charge in [0.05, 0.1) is 4.90 Å². The van der Waals surface area contributed by atoms with Gasteiger partial charge < -0.3 is 0 Å². The van der Waals surface area contributed by atoms with E-state index >= 15 is 0 Å². The van der Waals surface area contributed by atoms with Crippen LogP contribution in [0.4, 0.5) is 0 Å². The Hall–Kier alpha value is -1.13. The van der Waals surface area contributed by atoms with Gasteiger partial charge in [-0.1, -0.05) is 11.6 Å². The quantitative estimate of drug-likeness (QED) is 0.757. The molecule has 3 nitrogen and oxygen atoms in total. The standard InChI is InChI=1S/C10H7ClO3S/c1-6(12)9-5-15(13,14)10-3-2-7(11)4-8(9)10/h2-5H,1H3. The van der Waals surface area contributed by atoms with Gasteiger partial charge in [0.1, 0.15) is 0 Å². The number of carbonyl (C=O) groups excluding carboxylic acids is 1. The molecule has 0 unspecified atom stereocenters. The van der Waals surface area contributed by atoms with Gasteiger partial charge in [0.25, 0.3) is 0 Å². The number of Topliss-reactive ketones (excluding diaryl/α,β-unsaturated/α-hetero) is 1. The van der Waals surface area contributed by atoms with E-state index in [0.29, 0.717) is 10.6 Å². The number of carbonyl (C=O) groups is 1. The fourth-order valence-electron chi connectivity index (χ4n) is 1.52. The SMILES string of the molecule is CC(=O)C1=CS(=O)(=O)c2ccc(Cl)cc21. The van der Waals surface area contributed by atoms with Crippen LogP contribution in [-0.4, -0.2) is 14.2 Å². The smallest absolute Gasteiger partial charge is 0.201 e. The number of halogens is 1. The summed E-state index contributed by atoms with van der Waals surface area (Å²) in [5.41, 5.74) is 0.600. The van der Waals surface area contributed by atoms with Gasteiger partial charge in [-0.15, -0.1) is 0 Å². The Morgan fingerprint density at radius 2 is 2.00 bits per heavy atom. The molecule has 2 rings (SSSR count). The van der Waals surface area contributed by atoms with E-state index in [9.17, 15) is 13.2 Å². The normalized spacial score (nSPS) is 17.1. The summed E-state index contributed by atoms with van der Waals surface area (Å²) in [7, 11) is -3.46. The van der Waals surface area contributed by atoms with Crippen LogP contribution in [0.15, 0.2) is 28.5 Å². The average molecular weight is 243 g/mol. The molecule has 1 heterocycles. The van der Waals surface area contributed by atoms with Crippen molar-refractivity contribution in [1.29, 1.82) is 0 Å². The van der Waals surface area contributed by atoms with Crippen LogP contribution in [0.3, 0.4) is 0 Å². The summed E-state index contributed by atoms with van der Waals surface area (Å²) in [6.45, 7) is 1.33. The molecule has 0 radical (unpaired) electrons. The number of hydrogen-bond acceptors (Lipinski definition) is 3. The topological polar surface area (TPSA) is 51.2 Å². The van der Waals surface area contributed by atoms with Crippen molar-refractivity contribution in [3.05, 3.63) is 34.2 Å². The molecular formula is C10H7ClO3S. The van der Waals surface area contributed by atoms with Gasteiger partial charge in [-0.3, -0.25) is 4.79 Å². The molecule has 0 saturated carbocycles. The molecular weight excluding hydrogens is 236 g/mol. The van der Waals surface area contributed by atoms with Gasteiger partial charge >= 0.3 is 0 Å². The first kappa shape index (κ1) is 10.4. The fraction of sp³-hybridized carbons (Fsp3) is 0.100. The van der Waals surface area contributed by atoms with Gasteiger partial charge in [-0.25, -0.2) is 8.42 Å². The highest BCUT2D eigenvalue weighted by atomic mass is 35.5. The Morgan fingerprint density at radius 3 is 2.60 bits per heavy atom. The van der Waals surface area contributed by atoms with E-state index in [1.165, 1.54) is 25.1 Å². The number of ketones is 1. The predicted octanol–water partition coefficient (Wildman–Crippen LogP) is 2.06. The molecule has 0 fully saturated rings. The average Bonchev–Trinajstić information content (AvgIpc) is 2.38. The molecule has 1 aliphatic rings. The molecule has 0 N–H and O–H groups in total. The lowest BCUT2D eigenvalue weighted by Gasteiger charge is -2.00. The zero-order valence-electron chi connectivity index (χ0n) is 7.82. The van der Waals surface area contributed by atoms with Crippen molar-refractivity contribution in [3.8, 4) is 0 Å². The van der Waals surface area contributed by atoms with Crippen molar-refractivity contribution < 1.29 is 13.2 Å². The minimum Gasteiger partial charge on any atom is -0.294 e. The van der Waals surface area contributed by atoms with Crippen LogP contribution in [0.5, 0.6) is 0 Å². The van der Waals surface area contributed by atoms with Crippen LogP contribution in [0.1, 0.15) is 12.5 Å². The lowest BCUT2D eigenvalue weighted by Crippen LogP contribution is -1.94. The number of hydrogen-bond donors (Lipinski definition) is 0. The molecule has 0 spiro atoms. The van der Waals surface area contributed by atoms with E-state index in [1.54, 1.807) is 0 Å². The van der Waals surface area contributed by atoms with E-state index in [0.717, 1.165) is 5.41 Å². The largest absolute Gasteiger partial charge is 0.294 e. The van der Waals surface area contributed by atoms with Crippen molar-refractivity contribution in [2.24, 2.45) is 0 Å². The molecule has 0 amide bonds. The van der Waals surface area contributed by atoms with Gasteiger partial charge in [-0.05, 0) is 25.1 Å². The second kappa shape index (κ2) is 3.18. The van der Waals surface area contributed by atoms with Crippen molar-refractivity contribution in [1.82, 2.24) is 0 Å². The molecule has 0 aromatic heterocycles. The highest BCUT2D eigenvalue weighted by molar-refractivity contribution is 7.95. The minimum atomic E-state index is -3.46. The fourth-order valence-corrected chi connectivity index (χ4v) is 3.15. The molecule has 15 heavy (non-hydrogen) atoms. The summed E-state index contributed by atoms with van der Waals surface area (Å²) >= 11 is 5.75. The molecule has 1 aliphatic heterocycles. The second-order valence-electron chi connectivity index (χ2n) is 3.27. The number of fused-ring (bicyclic) bond motifs is 1. The Morgan fingerprint density at radius 1 is 1.33 bits per heavy atom. The zero-order valence-corrected chi connectivity index (χ0v) is 9.39. The number of sulfone groups is 1. The third kappa shape index (κ3) is 1.60. The highest BCUT2D eigenvalue weighted by Gasteiger charge is 2.28. The number of benzene rings is 1. The zero-order chi connectivity index (χ0) is 11.2. The first-order valence-electron chi connectivity index (χ1n) is 4.19. The first-order valence-corrected chi connectivity index (χ1v) is 6.12. The van der Waals surface area contributed by atoms with E-state index in [-0.39, 0.29) is 16.3 Å².